The molecule has 0 saturated heterocycles. The number of hydrogen-bond donors (Lipinski definition) is 1. The van der Waals surface area contributed by atoms with Crippen LogP contribution in [0.4, 0.5) is 0 Å². The third-order valence-electron chi connectivity index (χ3n) is 3.31. The molecule has 1 aromatic carbocycles. The molecule has 0 aliphatic rings. The minimum absolute atomic E-state index is 0.341. The molecule has 0 saturated carbocycles. The molecule has 0 aliphatic heterocycles. The Morgan fingerprint density at radius 2 is 2.10 bits per heavy atom. The van der Waals surface area contributed by atoms with Gasteiger partial charge in [-0.1, -0.05) is 18.2 Å². The Morgan fingerprint density at radius 1 is 1.30 bits per heavy atom. The fourth-order valence-electron chi connectivity index (χ4n) is 2.11. The van der Waals surface area contributed by atoms with Gasteiger partial charge >= 0.3 is 0 Å². The first-order valence-electron chi connectivity index (χ1n) is 7.05. The largest absolute Gasteiger partial charge is 0.494 e. The maximum absolute atomic E-state index is 5.73. The summed E-state index contributed by atoms with van der Waals surface area (Å²) in [4.78, 5) is 4.31. The molecule has 2 aromatic rings. The summed E-state index contributed by atoms with van der Waals surface area (Å²) in [6, 6.07) is 10.2. The molecule has 108 valence electrons. The van der Waals surface area contributed by atoms with Crippen LogP contribution in [0.2, 0.25) is 0 Å². The van der Waals surface area contributed by atoms with Crippen molar-refractivity contribution in [2.24, 2.45) is 0 Å². The summed E-state index contributed by atoms with van der Waals surface area (Å²) < 4.78 is 7.66. The Morgan fingerprint density at radius 3 is 2.80 bits per heavy atom. The summed E-state index contributed by atoms with van der Waals surface area (Å²) in [5, 5.41) is 7.51. The van der Waals surface area contributed by atoms with Gasteiger partial charge in [0.2, 0.25) is 0 Å². The molecule has 0 bridgehead atoms. The van der Waals surface area contributed by atoms with E-state index in [-0.39, 0.29) is 0 Å². The van der Waals surface area contributed by atoms with Gasteiger partial charge in [-0.15, -0.1) is 0 Å². The molecule has 0 radical (unpaired) electrons. The number of ether oxygens (including phenoxy) is 1. The average Bonchev–Trinajstić information content (AvgIpc) is 2.94. The van der Waals surface area contributed by atoms with Crippen molar-refractivity contribution in [2.75, 3.05) is 13.7 Å². The van der Waals surface area contributed by atoms with Crippen LogP contribution >= 0.6 is 0 Å². The number of likely N-dealkylation sites (N-methyl/N-ethyl adjacent to an activating group) is 1. The predicted molar refractivity (Wildman–Crippen MR) is 78.8 cm³/mol. The maximum atomic E-state index is 5.73. The molecule has 1 N–H and O–H groups in total. The quantitative estimate of drug-likeness (QED) is 0.799. The molecule has 1 unspecified atom stereocenters. The van der Waals surface area contributed by atoms with Gasteiger partial charge in [-0.05, 0) is 32.5 Å². The Labute approximate surface area is 120 Å². The fourth-order valence-corrected chi connectivity index (χ4v) is 2.11. The van der Waals surface area contributed by atoms with Crippen LogP contribution in [0.5, 0.6) is 5.75 Å². The maximum Gasteiger partial charge on any atom is 0.138 e. The van der Waals surface area contributed by atoms with E-state index in [9.17, 15) is 0 Å². The SMILES string of the molecule is CCn1ncnc1CC(CCOc1ccccc1)NC. The van der Waals surface area contributed by atoms with Crippen LogP contribution in [0.3, 0.4) is 0 Å². The second-order valence-corrected chi connectivity index (χ2v) is 4.63. The van der Waals surface area contributed by atoms with Gasteiger partial charge in [0.25, 0.3) is 0 Å². The summed E-state index contributed by atoms with van der Waals surface area (Å²) in [6.07, 6.45) is 3.41. The van der Waals surface area contributed by atoms with Gasteiger partial charge in [-0.3, -0.25) is 4.68 Å². The summed E-state index contributed by atoms with van der Waals surface area (Å²) in [5.41, 5.74) is 0. The number of aryl methyl sites for hydroxylation is 1. The Bertz CT molecular complexity index is 498. The topological polar surface area (TPSA) is 52.0 Å². The Hall–Kier alpha value is -1.88. The molecule has 0 fully saturated rings. The molecule has 20 heavy (non-hydrogen) atoms. The molecule has 2 rings (SSSR count). The molecular formula is C15H22N4O. The van der Waals surface area contributed by atoms with Crippen molar-refractivity contribution >= 4 is 0 Å². The molecule has 0 spiro atoms. The van der Waals surface area contributed by atoms with Crippen molar-refractivity contribution in [3.8, 4) is 5.75 Å². The monoisotopic (exact) mass is 274 g/mol. The number of benzene rings is 1. The number of rotatable bonds is 8. The van der Waals surface area contributed by atoms with Crippen LogP contribution in [-0.4, -0.2) is 34.5 Å². The summed E-state index contributed by atoms with van der Waals surface area (Å²) in [7, 11) is 1.97. The zero-order valence-electron chi connectivity index (χ0n) is 12.1. The Balaban J connectivity index is 1.81. The zero-order valence-corrected chi connectivity index (χ0v) is 12.1. The standard InChI is InChI=1S/C15H22N4O/c1-3-19-15(17-12-18-19)11-13(16-2)9-10-20-14-7-5-4-6-8-14/h4-8,12-13,16H,3,9-11H2,1-2H3. The number of para-hydroxylation sites is 1. The average molecular weight is 274 g/mol. The first kappa shape index (κ1) is 14.5. The van der Waals surface area contributed by atoms with Crippen LogP contribution in [0.25, 0.3) is 0 Å². The minimum atomic E-state index is 0.341. The van der Waals surface area contributed by atoms with Crippen LogP contribution in [0.15, 0.2) is 36.7 Å². The lowest BCUT2D eigenvalue weighted by atomic mass is 10.1. The van der Waals surface area contributed by atoms with Gasteiger partial charge in [0.05, 0.1) is 6.61 Å². The Kier molecular flexibility index (Phi) is 5.55. The van der Waals surface area contributed by atoms with Crippen molar-refractivity contribution < 1.29 is 4.74 Å². The van der Waals surface area contributed by atoms with E-state index in [1.54, 1.807) is 6.33 Å². The zero-order chi connectivity index (χ0) is 14.2. The molecule has 1 atom stereocenters. The third-order valence-corrected chi connectivity index (χ3v) is 3.31. The molecule has 0 amide bonds. The van der Waals surface area contributed by atoms with Gasteiger partial charge in [-0.2, -0.15) is 5.10 Å². The summed E-state index contributed by atoms with van der Waals surface area (Å²) in [5.74, 6) is 1.94. The van der Waals surface area contributed by atoms with Gasteiger partial charge in [-0.25, -0.2) is 4.98 Å². The van der Waals surface area contributed by atoms with Gasteiger partial charge in [0.1, 0.15) is 17.9 Å². The highest BCUT2D eigenvalue weighted by Crippen LogP contribution is 2.10. The van der Waals surface area contributed by atoms with E-state index in [0.29, 0.717) is 12.6 Å². The third kappa shape index (κ3) is 4.06. The summed E-state index contributed by atoms with van der Waals surface area (Å²) in [6.45, 7) is 3.62. The van der Waals surface area contributed by atoms with Crippen LogP contribution < -0.4 is 10.1 Å². The molecule has 0 aliphatic carbocycles. The van der Waals surface area contributed by atoms with E-state index in [1.165, 1.54) is 0 Å². The van der Waals surface area contributed by atoms with E-state index in [0.717, 1.165) is 31.0 Å². The van der Waals surface area contributed by atoms with Crippen molar-refractivity contribution in [1.82, 2.24) is 20.1 Å². The summed E-state index contributed by atoms with van der Waals surface area (Å²) >= 11 is 0. The molecule has 5 nitrogen and oxygen atoms in total. The van der Waals surface area contributed by atoms with Crippen LogP contribution in [0.1, 0.15) is 19.2 Å². The molecule has 1 aromatic heterocycles. The van der Waals surface area contributed by atoms with Crippen LogP contribution in [0, 0.1) is 0 Å². The van der Waals surface area contributed by atoms with Crippen molar-refractivity contribution in [3.05, 3.63) is 42.5 Å². The van der Waals surface area contributed by atoms with E-state index in [2.05, 4.69) is 22.3 Å². The number of nitrogens with one attached hydrogen (secondary N) is 1. The predicted octanol–water partition coefficient (Wildman–Crippen LogP) is 1.90. The van der Waals surface area contributed by atoms with E-state index < -0.39 is 0 Å². The molecular weight excluding hydrogens is 252 g/mol. The van der Waals surface area contributed by atoms with Crippen molar-refractivity contribution in [1.29, 1.82) is 0 Å². The van der Waals surface area contributed by atoms with Gasteiger partial charge in [0.15, 0.2) is 0 Å². The van der Waals surface area contributed by atoms with Gasteiger partial charge < -0.3 is 10.1 Å². The lowest BCUT2D eigenvalue weighted by molar-refractivity contribution is 0.286. The smallest absolute Gasteiger partial charge is 0.138 e. The van der Waals surface area contributed by atoms with Crippen molar-refractivity contribution in [3.63, 3.8) is 0 Å². The first-order chi connectivity index (χ1) is 9.83. The number of nitrogens with zero attached hydrogens (tertiary/aromatic N) is 3. The van der Waals surface area contributed by atoms with Gasteiger partial charge in [0, 0.05) is 19.0 Å². The van der Waals surface area contributed by atoms with E-state index in [4.69, 9.17) is 4.74 Å². The fraction of sp³-hybridized carbons (Fsp3) is 0.467. The first-order valence-corrected chi connectivity index (χ1v) is 7.05. The highest BCUT2D eigenvalue weighted by molar-refractivity contribution is 5.20. The highest BCUT2D eigenvalue weighted by Gasteiger charge is 2.12. The van der Waals surface area contributed by atoms with E-state index >= 15 is 0 Å². The second-order valence-electron chi connectivity index (χ2n) is 4.63. The minimum Gasteiger partial charge on any atom is -0.494 e. The number of aromatic nitrogens is 3. The second kappa shape index (κ2) is 7.65. The van der Waals surface area contributed by atoms with Crippen molar-refractivity contribution in [2.45, 2.75) is 32.4 Å². The van der Waals surface area contributed by atoms with Crippen LogP contribution in [-0.2, 0) is 13.0 Å². The molecule has 1 heterocycles. The lowest BCUT2D eigenvalue weighted by Crippen LogP contribution is -2.30. The molecule has 5 heteroatoms. The lowest BCUT2D eigenvalue weighted by Gasteiger charge is -2.16. The van der Waals surface area contributed by atoms with E-state index in [1.807, 2.05) is 42.1 Å². The highest BCUT2D eigenvalue weighted by atomic mass is 16.5. The number of hydrogen-bond acceptors (Lipinski definition) is 4. The normalized spacial score (nSPS) is 12.3.